The molecule has 0 atom stereocenters. The summed E-state index contributed by atoms with van der Waals surface area (Å²) in [6.45, 7) is 0.370. The Kier molecular flexibility index (Phi) is 4.09. The average molecular weight is 189 g/mol. The minimum Gasteiger partial charge on any atom is -0.465 e. The van der Waals surface area contributed by atoms with Gasteiger partial charge in [0.1, 0.15) is 0 Å². The lowest BCUT2D eigenvalue weighted by Crippen LogP contribution is -2.21. The number of carboxylic acid groups (broad SMARTS) is 1. The normalized spacial score (nSPS) is 8.57. The predicted octanol–water partition coefficient (Wildman–Crippen LogP) is 1.70. The van der Waals surface area contributed by atoms with Gasteiger partial charge in [-0.15, -0.1) is 0 Å². The van der Waals surface area contributed by atoms with E-state index in [-0.39, 0.29) is 0 Å². The highest BCUT2D eigenvalue weighted by Crippen LogP contribution is 1.94. The van der Waals surface area contributed by atoms with E-state index in [1.54, 1.807) is 0 Å². The molecule has 0 saturated heterocycles. The van der Waals surface area contributed by atoms with Gasteiger partial charge in [0.25, 0.3) is 0 Å². The first kappa shape index (κ1) is 10.1. The van der Waals surface area contributed by atoms with E-state index in [1.165, 1.54) is 0 Å². The average Bonchev–Trinajstić information content (AvgIpc) is 2.18. The summed E-state index contributed by atoms with van der Waals surface area (Å²) in [5, 5.41) is 10.5. The number of rotatable bonds is 2. The molecule has 0 bridgehead atoms. The second kappa shape index (κ2) is 5.65. The quantitative estimate of drug-likeness (QED) is 0.549. The van der Waals surface area contributed by atoms with Crippen LogP contribution in [0.15, 0.2) is 30.3 Å². The van der Waals surface area contributed by atoms with Crippen LogP contribution >= 0.6 is 0 Å². The minimum absolute atomic E-state index is 0.370. The van der Waals surface area contributed by atoms with Gasteiger partial charge in [0.15, 0.2) is 0 Å². The van der Waals surface area contributed by atoms with Crippen LogP contribution < -0.4 is 5.32 Å². The highest BCUT2D eigenvalue weighted by atomic mass is 16.4. The number of benzene rings is 1. The molecule has 2 N–H and O–H groups in total. The van der Waals surface area contributed by atoms with Gasteiger partial charge in [-0.2, -0.15) is 0 Å². The highest BCUT2D eigenvalue weighted by molar-refractivity contribution is 5.64. The summed E-state index contributed by atoms with van der Waals surface area (Å²) >= 11 is 0. The zero-order chi connectivity index (χ0) is 10.2. The Morgan fingerprint density at radius 3 is 2.71 bits per heavy atom. The summed E-state index contributed by atoms with van der Waals surface area (Å²) in [6.07, 6.45) is -0.479. The van der Waals surface area contributed by atoms with E-state index in [2.05, 4.69) is 17.2 Å². The van der Waals surface area contributed by atoms with Crippen molar-refractivity contribution in [1.82, 2.24) is 5.32 Å². The summed E-state index contributed by atoms with van der Waals surface area (Å²) in [5.74, 6) is 5.82. The molecule has 0 fully saturated rings. The first-order valence-electron chi connectivity index (χ1n) is 4.30. The van der Waals surface area contributed by atoms with Crippen molar-refractivity contribution in [2.75, 3.05) is 6.54 Å². The van der Waals surface area contributed by atoms with Crippen LogP contribution in [0, 0.1) is 11.8 Å². The lowest BCUT2D eigenvalue weighted by molar-refractivity contribution is 0.195. The molecule has 1 rings (SSSR count). The van der Waals surface area contributed by atoms with E-state index in [4.69, 9.17) is 5.11 Å². The Morgan fingerprint density at radius 2 is 2.07 bits per heavy atom. The highest BCUT2D eigenvalue weighted by Gasteiger charge is 1.89. The van der Waals surface area contributed by atoms with E-state index in [1.807, 2.05) is 30.3 Å². The maximum atomic E-state index is 10.1. The zero-order valence-electron chi connectivity index (χ0n) is 7.66. The number of nitrogens with one attached hydrogen (secondary N) is 1. The molecule has 3 nitrogen and oxygen atoms in total. The van der Waals surface area contributed by atoms with Crippen LogP contribution in [0.3, 0.4) is 0 Å². The molecule has 0 aliphatic heterocycles. The lowest BCUT2D eigenvalue weighted by Gasteiger charge is -1.93. The molecule has 1 aromatic rings. The summed E-state index contributed by atoms with van der Waals surface area (Å²) in [6, 6.07) is 9.59. The van der Waals surface area contributed by atoms with Crippen LogP contribution in [0.25, 0.3) is 0 Å². The van der Waals surface area contributed by atoms with Crippen molar-refractivity contribution in [3.8, 4) is 11.8 Å². The van der Waals surface area contributed by atoms with Crippen LogP contribution in [-0.2, 0) is 0 Å². The molecule has 0 aliphatic rings. The maximum Gasteiger partial charge on any atom is 0.404 e. The topological polar surface area (TPSA) is 49.3 Å². The molecule has 3 heteroatoms. The number of amides is 1. The lowest BCUT2D eigenvalue weighted by atomic mass is 10.2. The van der Waals surface area contributed by atoms with Gasteiger partial charge in [-0.3, -0.25) is 0 Å². The van der Waals surface area contributed by atoms with Crippen LogP contribution in [0.5, 0.6) is 0 Å². The predicted molar refractivity (Wildman–Crippen MR) is 54.0 cm³/mol. The fraction of sp³-hybridized carbons (Fsp3) is 0.182. The van der Waals surface area contributed by atoms with E-state index < -0.39 is 6.09 Å². The van der Waals surface area contributed by atoms with E-state index >= 15 is 0 Å². The number of carbonyl (C=O) groups is 1. The molecule has 72 valence electrons. The van der Waals surface area contributed by atoms with Crippen molar-refractivity contribution in [3.63, 3.8) is 0 Å². The van der Waals surface area contributed by atoms with Gasteiger partial charge < -0.3 is 10.4 Å². The summed E-state index contributed by atoms with van der Waals surface area (Å²) in [5.41, 5.74) is 0.947. The molecule has 0 heterocycles. The second-order valence-corrected chi connectivity index (χ2v) is 2.65. The largest absolute Gasteiger partial charge is 0.465 e. The molecular formula is C11H11NO2. The Bertz CT molecular complexity index is 349. The third-order valence-corrected chi connectivity index (χ3v) is 1.53. The summed E-state index contributed by atoms with van der Waals surface area (Å²) < 4.78 is 0. The third kappa shape index (κ3) is 4.17. The molecule has 0 saturated carbocycles. The van der Waals surface area contributed by atoms with Gasteiger partial charge in [-0.25, -0.2) is 4.79 Å². The van der Waals surface area contributed by atoms with Crippen LogP contribution in [-0.4, -0.2) is 17.7 Å². The van der Waals surface area contributed by atoms with Gasteiger partial charge >= 0.3 is 6.09 Å². The second-order valence-electron chi connectivity index (χ2n) is 2.65. The molecule has 0 aromatic heterocycles. The molecule has 1 aromatic carbocycles. The minimum atomic E-state index is -1.01. The van der Waals surface area contributed by atoms with Crippen molar-refractivity contribution in [1.29, 1.82) is 0 Å². The van der Waals surface area contributed by atoms with E-state index in [9.17, 15) is 4.79 Å². The summed E-state index contributed by atoms with van der Waals surface area (Å²) in [4.78, 5) is 10.1. The smallest absolute Gasteiger partial charge is 0.404 e. The van der Waals surface area contributed by atoms with Crippen molar-refractivity contribution in [3.05, 3.63) is 35.9 Å². The first-order chi connectivity index (χ1) is 6.79. The molecule has 0 radical (unpaired) electrons. The van der Waals surface area contributed by atoms with Crippen LogP contribution in [0.2, 0.25) is 0 Å². The monoisotopic (exact) mass is 189 g/mol. The number of hydrogen-bond donors (Lipinski definition) is 2. The van der Waals surface area contributed by atoms with Crippen molar-refractivity contribution in [2.24, 2.45) is 0 Å². The Hall–Kier alpha value is -1.95. The Balaban J connectivity index is 2.31. The molecule has 1 amide bonds. The number of hydrogen-bond acceptors (Lipinski definition) is 1. The van der Waals surface area contributed by atoms with Crippen LogP contribution in [0.4, 0.5) is 4.79 Å². The Morgan fingerprint density at radius 1 is 1.36 bits per heavy atom. The van der Waals surface area contributed by atoms with E-state index in [0.717, 1.165) is 5.56 Å². The molecule has 0 spiro atoms. The van der Waals surface area contributed by atoms with Gasteiger partial charge in [0.2, 0.25) is 0 Å². The fourth-order valence-corrected chi connectivity index (χ4v) is 0.918. The first-order valence-corrected chi connectivity index (χ1v) is 4.30. The standard InChI is InChI=1S/C11H11NO2/c13-11(14)12-9-5-4-8-10-6-2-1-3-7-10/h1-3,6-7,12H,5,9H2,(H,13,14). The molecular weight excluding hydrogens is 178 g/mol. The Labute approximate surface area is 82.8 Å². The zero-order valence-corrected chi connectivity index (χ0v) is 7.66. The van der Waals surface area contributed by atoms with E-state index in [0.29, 0.717) is 13.0 Å². The van der Waals surface area contributed by atoms with Crippen molar-refractivity contribution < 1.29 is 9.90 Å². The molecule has 0 aliphatic carbocycles. The van der Waals surface area contributed by atoms with Crippen molar-refractivity contribution in [2.45, 2.75) is 6.42 Å². The SMILES string of the molecule is O=C(O)NCCC#Cc1ccccc1. The maximum absolute atomic E-state index is 10.1. The van der Waals surface area contributed by atoms with Crippen molar-refractivity contribution >= 4 is 6.09 Å². The van der Waals surface area contributed by atoms with Crippen LogP contribution in [0.1, 0.15) is 12.0 Å². The van der Waals surface area contributed by atoms with Gasteiger partial charge in [0.05, 0.1) is 0 Å². The fourth-order valence-electron chi connectivity index (χ4n) is 0.918. The third-order valence-electron chi connectivity index (χ3n) is 1.53. The van der Waals surface area contributed by atoms with Gasteiger partial charge in [-0.1, -0.05) is 30.0 Å². The molecule has 0 unspecified atom stereocenters. The summed E-state index contributed by atoms with van der Waals surface area (Å²) in [7, 11) is 0. The van der Waals surface area contributed by atoms with Gasteiger partial charge in [0, 0.05) is 18.5 Å². The molecule has 14 heavy (non-hydrogen) atoms. The van der Waals surface area contributed by atoms with Gasteiger partial charge in [-0.05, 0) is 12.1 Å².